The van der Waals surface area contributed by atoms with Crippen molar-refractivity contribution < 1.29 is 0 Å². The van der Waals surface area contributed by atoms with E-state index in [9.17, 15) is 0 Å². The molecule has 0 saturated carbocycles. The van der Waals surface area contributed by atoms with Crippen LogP contribution in [0.4, 0.5) is 0 Å². The zero-order valence-electron chi connectivity index (χ0n) is 10.9. The summed E-state index contributed by atoms with van der Waals surface area (Å²) in [5.74, 6) is 0.835. The van der Waals surface area contributed by atoms with Crippen molar-refractivity contribution in [3.05, 3.63) is 12.7 Å². The van der Waals surface area contributed by atoms with Gasteiger partial charge in [-0.1, -0.05) is 26.3 Å². The molecule has 0 spiro atoms. The van der Waals surface area contributed by atoms with Gasteiger partial charge in [0.25, 0.3) is 0 Å². The number of allylic oxidation sites excluding steroid dienone is 1. The molecule has 90 valence electrons. The molecule has 0 saturated heterocycles. The predicted molar refractivity (Wildman–Crippen MR) is 70.2 cm³/mol. The Balaban J connectivity index is 3.16. The molecule has 0 heterocycles. The van der Waals surface area contributed by atoms with Crippen molar-refractivity contribution in [2.24, 2.45) is 5.92 Å². The molecule has 15 heavy (non-hydrogen) atoms. The van der Waals surface area contributed by atoms with Crippen molar-refractivity contribution in [3.8, 4) is 0 Å². The first kappa shape index (κ1) is 14.7. The van der Waals surface area contributed by atoms with E-state index in [-0.39, 0.29) is 0 Å². The van der Waals surface area contributed by atoms with Crippen molar-refractivity contribution in [3.63, 3.8) is 0 Å². The Kier molecular flexibility index (Phi) is 10.0. The van der Waals surface area contributed by atoms with E-state index in [1.807, 2.05) is 6.08 Å². The average molecular weight is 211 g/mol. The van der Waals surface area contributed by atoms with Crippen LogP contribution in [0.25, 0.3) is 0 Å². The molecule has 0 rings (SSSR count). The maximum atomic E-state index is 3.73. The van der Waals surface area contributed by atoms with Crippen LogP contribution in [0.3, 0.4) is 0 Å². The van der Waals surface area contributed by atoms with Gasteiger partial charge in [-0.2, -0.15) is 0 Å². The first-order valence-corrected chi connectivity index (χ1v) is 6.51. The Morgan fingerprint density at radius 2 is 1.80 bits per heavy atom. The Bertz CT molecular complexity index is 140. The molecule has 0 aromatic carbocycles. The molecule has 1 nitrogen and oxygen atoms in total. The highest BCUT2D eigenvalue weighted by Gasteiger charge is 2.01. The van der Waals surface area contributed by atoms with Crippen LogP contribution in [-0.4, -0.2) is 12.6 Å². The van der Waals surface area contributed by atoms with E-state index in [0.717, 1.165) is 5.92 Å². The lowest BCUT2D eigenvalue weighted by molar-refractivity contribution is 0.445. The zero-order valence-corrected chi connectivity index (χ0v) is 10.9. The standard InChI is InChI=1S/C14H29N/c1-5-6-7-8-9-12-15-14(4)11-10-13(2)3/h5,13-15H,1,6-12H2,2-4H3. The molecule has 1 atom stereocenters. The third-order valence-corrected chi connectivity index (χ3v) is 2.75. The Morgan fingerprint density at radius 1 is 1.07 bits per heavy atom. The molecule has 0 aliphatic heterocycles. The number of hydrogen-bond acceptors (Lipinski definition) is 1. The summed E-state index contributed by atoms with van der Waals surface area (Å²) in [5.41, 5.74) is 0. The van der Waals surface area contributed by atoms with Gasteiger partial charge in [0.2, 0.25) is 0 Å². The predicted octanol–water partition coefficient (Wildman–Crippen LogP) is 4.15. The van der Waals surface area contributed by atoms with Crippen LogP contribution in [0.5, 0.6) is 0 Å². The average Bonchev–Trinajstić information content (AvgIpc) is 2.20. The van der Waals surface area contributed by atoms with E-state index in [1.165, 1.54) is 45.1 Å². The normalized spacial score (nSPS) is 13.1. The van der Waals surface area contributed by atoms with Crippen molar-refractivity contribution >= 4 is 0 Å². The fourth-order valence-electron chi connectivity index (χ4n) is 1.62. The molecule has 1 unspecified atom stereocenters. The van der Waals surface area contributed by atoms with Crippen LogP contribution in [0.15, 0.2) is 12.7 Å². The molecule has 0 aliphatic carbocycles. The topological polar surface area (TPSA) is 12.0 Å². The highest BCUT2D eigenvalue weighted by atomic mass is 14.9. The van der Waals surface area contributed by atoms with E-state index < -0.39 is 0 Å². The quantitative estimate of drug-likeness (QED) is 0.423. The smallest absolute Gasteiger partial charge is 0.00388 e. The molecule has 0 aliphatic rings. The molecular formula is C14H29N. The lowest BCUT2D eigenvalue weighted by Gasteiger charge is -2.14. The van der Waals surface area contributed by atoms with Crippen molar-refractivity contribution in [1.82, 2.24) is 5.32 Å². The van der Waals surface area contributed by atoms with Crippen LogP contribution in [0.2, 0.25) is 0 Å². The summed E-state index contributed by atoms with van der Waals surface area (Å²) >= 11 is 0. The minimum atomic E-state index is 0.687. The zero-order chi connectivity index (χ0) is 11.5. The summed E-state index contributed by atoms with van der Waals surface area (Å²) in [4.78, 5) is 0. The van der Waals surface area contributed by atoms with Gasteiger partial charge in [-0.05, 0) is 51.5 Å². The molecule has 0 aromatic rings. The Morgan fingerprint density at radius 3 is 2.40 bits per heavy atom. The number of hydrogen-bond donors (Lipinski definition) is 1. The second-order valence-electron chi connectivity index (χ2n) is 4.96. The molecular weight excluding hydrogens is 182 g/mol. The summed E-state index contributed by atoms with van der Waals surface area (Å²) in [6.45, 7) is 11.8. The van der Waals surface area contributed by atoms with Gasteiger partial charge >= 0.3 is 0 Å². The lowest BCUT2D eigenvalue weighted by atomic mass is 10.0. The van der Waals surface area contributed by atoms with Crippen LogP contribution in [-0.2, 0) is 0 Å². The molecule has 0 amide bonds. The molecule has 1 heteroatoms. The van der Waals surface area contributed by atoms with Gasteiger partial charge in [-0.3, -0.25) is 0 Å². The second-order valence-corrected chi connectivity index (χ2v) is 4.96. The first-order valence-electron chi connectivity index (χ1n) is 6.51. The number of rotatable bonds is 10. The number of unbranched alkanes of at least 4 members (excludes halogenated alkanes) is 3. The van der Waals surface area contributed by atoms with Gasteiger partial charge in [-0.15, -0.1) is 6.58 Å². The minimum Gasteiger partial charge on any atom is -0.314 e. The van der Waals surface area contributed by atoms with E-state index in [1.54, 1.807) is 0 Å². The van der Waals surface area contributed by atoms with Gasteiger partial charge in [0.05, 0.1) is 0 Å². The van der Waals surface area contributed by atoms with Gasteiger partial charge in [0.1, 0.15) is 0 Å². The fourth-order valence-corrected chi connectivity index (χ4v) is 1.62. The molecule has 0 bridgehead atoms. The van der Waals surface area contributed by atoms with Gasteiger partial charge in [0, 0.05) is 6.04 Å². The van der Waals surface area contributed by atoms with Crippen molar-refractivity contribution in [2.75, 3.05) is 6.54 Å². The summed E-state index contributed by atoms with van der Waals surface area (Å²) in [7, 11) is 0. The highest BCUT2D eigenvalue weighted by Crippen LogP contribution is 2.06. The highest BCUT2D eigenvalue weighted by molar-refractivity contribution is 4.66. The van der Waals surface area contributed by atoms with Gasteiger partial charge in [0.15, 0.2) is 0 Å². The monoisotopic (exact) mass is 211 g/mol. The Labute approximate surface area is 96.3 Å². The maximum absolute atomic E-state index is 3.73. The molecule has 0 fully saturated rings. The third kappa shape index (κ3) is 11.6. The van der Waals surface area contributed by atoms with Crippen LogP contribution in [0.1, 0.15) is 59.3 Å². The van der Waals surface area contributed by atoms with E-state index in [0.29, 0.717) is 6.04 Å². The van der Waals surface area contributed by atoms with Gasteiger partial charge in [-0.25, -0.2) is 0 Å². The van der Waals surface area contributed by atoms with Crippen molar-refractivity contribution in [1.29, 1.82) is 0 Å². The SMILES string of the molecule is C=CCCCCCNC(C)CCC(C)C. The van der Waals surface area contributed by atoms with Gasteiger partial charge < -0.3 is 5.32 Å². The Hall–Kier alpha value is -0.300. The summed E-state index contributed by atoms with van der Waals surface area (Å²) in [6, 6.07) is 0.687. The van der Waals surface area contributed by atoms with Crippen LogP contribution in [0, 0.1) is 5.92 Å². The first-order chi connectivity index (χ1) is 7.16. The van der Waals surface area contributed by atoms with E-state index in [4.69, 9.17) is 0 Å². The van der Waals surface area contributed by atoms with Crippen LogP contribution >= 0.6 is 0 Å². The summed E-state index contributed by atoms with van der Waals surface area (Å²) < 4.78 is 0. The molecule has 0 radical (unpaired) electrons. The fraction of sp³-hybridized carbons (Fsp3) is 0.857. The number of nitrogens with one attached hydrogen (secondary N) is 1. The van der Waals surface area contributed by atoms with E-state index in [2.05, 4.69) is 32.7 Å². The second kappa shape index (κ2) is 10.2. The largest absolute Gasteiger partial charge is 0.314 e. The van der Waals surface area contributed by atoms with Crippen LogP contribution < -0.4 is 5.32 Å². The summed E-state index contributed by atoms with van der Waals surface area (Å²) in [6.07, 6.45) is 9.76. The summed E-state index contributed by atoms with van der Waals surface area (Å²) in [5, 5.41) is 3.59. The minimum absolute atomic E-state index is 0.687. The van der Waals surface area contributed by atoms with Crippen molar-refractivity contribution in [2.45, 2.75) is 65.3 Å². The lowest BCUT2D eigenvalue weighted by Crippen LogP contribution is -2.27. The maximum Gasteiger partial charge on any atom is 0.00388 e. The van der Waals surface area contributed by atoms with E-state index >= 15 is 0 Å². The molecule has 0 aromatic heterocycles. The third-order valence-electron chi connectivity index (χ3n) is 2.75. The molecule has 1 N–H and O–H groups in total.